The predicted molar refractivity (Wildman–Crippen MR) is 68.3 cm³/mol. The molecule has 2 rings (SSSR count). The third-order valence-corrected chi connectivity index (χ3v) is 2.79. The third-order valence-electron chi connectivity index (χ3n) is 2.47. The Morgan fingerprint density at radius 3 is 2.65 bits per heavy atom. The summed E-state index contributed by atoms with van der Waals surface area (Å²) in [7, 11) is 0. The Morgan fingerprint density at radius 2 is 2.06 bits per heavy atom. The van der Waals surface area contributed by atoms with Gasteiger partial charge in [-0.3, -0.25) is 0 Å². The van der Waals surface area contributed by atoms with Crippen molar-refractivity contribution in [3.8, 4) is 5.69 Å². The standard InChI is InChI=1S/C12H15ClN4/c1-8(2)12-15-11(7-14)17(16-12)10-6-4-3-5-9(10)13/h3-6,8H,7,14H2,1-2H3. The fraction of sp³-hybridized carbons (Fsp3) is 0.333. The second-order valence-corrected chi connectivity index (χ2v) is 4.52. The van der Waals surface area contributed by atoms with E-state index in [1.807, 2.05) is 38.1 Å². The van der Waals surface area contributed by atoms with E-state index in [9.17, 15) is 0 Å². The number of hydrogen-bond donors (Lipinski definition) is 1. The van der Waals surface area contributed by atoms with Gasteiger partial charge in [-0.05, 0) is 12.1 Å². The van der Waals surface area contributed by atoms with Crippen molar-refractivity contribution in [2.24, 2.45) is 5.73 Å². The number of benzene rings is 1. The number of halogens is 1. The first-order chi connectivity index (χ1) is 8.13. The SMILES string of the molecule is CC(C)c1nc(CN)n(-c2ccccc2Cl)n1. The van der Waals surface area contributed by atoms with Crippen molar-refractivity contribution >= 4 is 11.6 Å². The monoisotopic (exact) mass is 250 g/mol. The quantitative estimate of drug-likeness (QED) is 0.911. The molecule has 0 saturated carbocycles. The summed E-state index contributed by atoms with van der Waals surface area (Å²) in [5.41, 5.74) is 6.50. The van der Waals surface area contributed by atoms with Gasteiger partial charge in [-0.15, -0.1) is 0 Å². The van der Waals surface area contributed by atoms with Gasteiger partial charge in [-0.1, -0.05) is 37.6 Å². The number of aromatic nitrogens is 3. The highest BCUT2D eigenvalue weighted by Gasteiger charge is 2.14. The van der Waals surface area contributed by atoms with E-state index in [-0.39, 0.29) is 5.92 Å². The summed E-state index contributed by atoms with van der Waals surface area (Å²) in [6.45, 7) is 4.43. The lowest BCUT2D eigenvalue weighted by Gasteiger charge is -2.05. The molecule has 2 N–H and O–H groups in total. The van der Waals surface area contributed by atoms with Crippen LogP contribution in [0.4, 0.5) is 0 Å². The van der Waals surface area contributed by atoms with E-state index in [0.29, 0.717) is 11.6 Å². The van der Waals surface area contributed by atoms with Gasteiger partial charge in [-0.25, -0.2) is 9.67 Å². The van der Waals surface area contributed by atoms with Crippen LogP contribution < -0.4 is 5.73 Å². The van der Waals surface area contributed by atoms with Gasteiger partial charge in [0.25, 0.3) is 0 Å². The van der Waals surface area contributed by atoms with Crippen molar-refractivity contribution in [3.05, 3.63) is 40.9 Å². The first-order valence-corrected chi connectivity index (χ1v) is 5.92. The molecule has 0 unspecified atom stereocenters. The van der Waals surface area contributed by atoms with Crippen LogP contribution in [-0.4, -0.2) is 14.8 Å². The number of rotatable bonds is 3. The van der Waals surface area contributed by atoms with Crippen molar-refractivity contribution in [1.82, 2.24) is 14.8 Å². The fourth-order valence-electron chi connectivity index (χ4n) is 1.56. The predicted octanol–water partition coefficient (Wildman–Crippen LogP) is 2.50. The van der Waals surface area contributed by atoms with E-state index >= 15 is 0 Å². The minimum absolute atomic E-state index is 0.268. The smallest absolute Gasteiger partial charge is 0.153 e. The molecule has 17 heavy (non-hydrogen) atoms. The van der Waals surface area contributed by atoms with Crippen LogP contribution in [0.3, 0.4) is 0 Å². The van der Waals surface area contributed by atoms with Crippen LogP contribution in [0.1, 0.15) is 31.4 Å². The van der Waals surface area contributed by atoms with Gasteiger partial charge < -0.3 is 5.73 Å². The largest absolute Gasteiger partial charge is 0.324 e. The summed E-state index contributed by atoms with van der Waals surface area (Å²) in [5.74, 6) is 1.77. The summed E-state index contributed by atoms with van der Waals surface area (Å²) < 4.78 is 1.72. The molecule has 0 fully saturated rings. The first-order valence-electron chi connectivity index (χ1n) is 5.54. The zero-order valence-electron chi connectivity index (χ0n) is 9.89. The Kier molecular flexibility index (Phi) is 3.45. The van der Waals surface area contributed by atoms with Crippen LogP contribution in [-0.2, 0) is 6.54 Å². The van der Waals surface area contributed by atoms with E-state index in [1.54, 1.807) is 4.68 Å². The van der Waals surface area contributed by atoms with Gasteiger partial charge in [0.1, 0.15) is 5.82 Å². The lowest BCUT2D eigenvalue weighted by Crippen LogP contribution is -2.08. The van der Waals surface area contributed by atoms with E-state index in [1.165, 1.54) is 0 Å². The summed E-state index contributed by atoms with van der Waals surface area (Å²) in [6.07, 6.45) is 0. The first kappa shape index (κ1) is 12.1. The highest BCUT2D eigenvalue weighted by Crippen LogP contribution is 2.21. The minimum atomic E-state index is 0.268. The van der Waals surface area contributed by atoms with Crippen LogP contribution in [0.5, 0.6) is 0 Å². The van der Waals surface area contributed by atoms with Gasteiger partial charge in [-0.2, -0.15) is 5.10 Å². The molecule has 4 nitrogen and oxygen atoms in total. The van der Waals surface area contributed by atoms with Crippen LogP contribution in [0.25, 0.3) is 5.69 Å². The zero-order valence-corrected chi connectivity index (χ0v) is 10.6. The molecule has 90 valence electrons. The highest BCUT2D eigenvalue weighted by atomic mass is 35.5. The third kappa shape index (κ3) is 2.33. The van der Waals surface area contributed by atoms with Crippen molar-refractivity contribution in [2.75, 3.05) is 0 Å². The molecule has 5 heteroatoms. The van der Waals surface area contributed by atoms with Gasteiger partial charge in [0.05, 0.1) is 17.3 Å². The second kappa shape index (κ2) is 4.85. The summed E-state index contributed by atoms with van der Waals surface area (Å²) in [6, 6.07) is 7.53. The fourth-order valence-corrected chi connectivity index (χ4v) is 1.77. The van der Waals surface area contributed by atoms with E-state index in [4.69, 9.17) is 17.3 Å². The molecule has 0 saturated heterocycles. The van der Waals surface area contributed by atoms with E-state index in [2.05, 4.69) is 10.1 Å². The minimum Gasteiger partial charge on any atom is -0.324 e. The van der Waals surface area contributed by atoms with Gasteiger partial charge in [0.15, 0.2) is 5.82 Å². The summed E-state index contributed by atoms with van der Waals surface area (Å²) in [4.78, 5) is 4.41. The highest BCUT2D eigenvalue weighted by molar-refractivity contribution is 6.32. The molecule has 0 aliphatic rings. The number of hydrogen-bond acceptors (Lipinski definition) is 3. The second-order valence-electron chi connectivity index (χ2n) is 4.11. The molecule has 1 aromatic heterocycles. The molecule has 0 aliphatic heterocycles. The Hall–Kier alpha value is -1.39. The molecule has 0 amide bonds. The number of nitrogens with two attached hydrogens (primary N) is 1. The van der Waals surface area contributed by atoms with Crippen LogP contribution in [0.2, 0.25) is 5.02 Å². The Morgan fingerprint density at radius 1 is 1.35 bits per heavy atom. The topological polar surface area (TPSA) is 56.7 Å². The number of nitrogens with zero attached hydrogens (tertiary/aromatic N) is 3. The van der Waals surface area contributed by atoms with Gasteiger partial charge >= 0.3 is 0 Å². The maximum absolute atomic E-state index is 6.15. The normalized spacial score (nSPS) is 11.1. The summed E-state index contributed by atoms with van der Waals surface area (Å²) in [5, 5.41) is 5.09. The molecule has 0 radical (unpaired) electrons. The summed E-state index contributed by atoms with van der Waals surface area (Å²) >= 11 is 6.15. The van der Waals surface area contributed by atoms with Crippen molar-refractivity contribution in [3.63, 3.8) is 0 Å². The Bertz CT molecular complexity index is 519. The van der Waals surface area contributed by atoms with Crippen LogP contribution in [0.15, 0.2) is 24.3 Å². The Balaban J connectivity index is 2.55. The van der Waals surface area contributed by atoms with Crippen LogP contribution >= 0.6 is 11.6 Å². The molecule has 0 aliphatic carbocycles. The average molecular weight is 251 g/mol. The maximum atomic E-state index is 6.15. The molecule has 2 aromatic rings. The molecule has 1 aromatic carbocycles. The molecule has 0 atom stereocenters. The molecule has 0 spiro atoms. The molecular formula is C12H15ClN4. The van der Waals surface area contributed by atoms with Crippen LogP contribution in [0, 0.1) is 0 Å². The van der Waals surface area contributed by atoms with Crippen molar-refractivity contribution in [2.45, 2.75) is 26.3 Å². The maximum Gasteiger partial charge on any atom is 0.153 e. The number of para-hydroxylation sites is 1. The van der Waals surface area contributed by atoms with Crippen molar-refractivity contribution in [1.29, 1.82) is 0 Å². The molecular weight excluding hydrogens is 236 g/mol. The van der Waals surface area contributed by atoms with E-state index < -0.39 is 0 Å². The van der Waals surface area contributed by atoms with E-state index in [0.717, 1.165) is 17.3 Å². The lowest BCUT2D eigenvalue weighted by atomic mass is 10.2. The average Bonchev–Trinajstić information content (AvgIpc) is 2.73. The molecule has 1 heterocycles. The molecule has 0 bridgehead atoms. The Labute approximate surface area is 105 Å². The lowest BCUT2D eigenvalue weighted by molar-refractivity contribution is 0.746. The van der Waals surface area contributed by atoms with Gasteiger partial charge in [0, 0.05) is 5.92 Å². The van der Waals surface area contributed by atoms with Crippen molar-refractivity contribution < 1.29 is 0 Å². The van der Waals surface area contributed by atoms with Gasteiger partial charge in [0.2, 0.25) is 0 Å². The zero-order chi connectivity index (χ0) is 12.4.